The molecule has 47 heavy (non-hydrogen) atoms. The summed E-state index contributed by atoms with van der Waals surface area (Å²) in [6.07, 6.45) is 0. The van der Waals surface area contributed by atoms with Gasteiger partial charge < -0.3 is 9.80 Å². The summed E-state index contributed by atoms with van der Waals surface area (Å²) in [4.78, 5) is 8.15. The summed E-state index contributed by atoms with van der Waals surface area (Å²) in [6, 6.07) is 56.3. The summed E-state index contributed by atoms with van der Waals surface area (Å²) in [5.41, 5.74) is 7.45. The molecule has 2 radical (unpaired) electrons. The van der Waals surface area contributed by atoms with Gasteiger partial charge in [0, 0.05) is 41.9 Å². The van der Waals surface area contributed by atoms with E-state index in [-0.39, 0.29) is 0 Å². The number of para-hydroxylation sites is 2. The van der Waals surface area contributed by atoms with Crippen LogP contribution in [-0.4, -0.2) is 9.71 Å². The normalized spacial score (nSPS) is 10.9. The Hall–Kier alpha value is -6.56. The first-order valence-electron chi connectivity index (χ1n) is 15.7. The van der Waals surface area contributed by atoms with Crippen LogP contribution < -0.4 is 9.80 Å². The molecule has 0 unspecified atom stereocenters. The quantitative estimate of drug-likeness (QED) is 0.108. The van der Waals surface area contributed by atoms with E-state index in [9.17, 15) is 5.26 Å². The molecule has 0 aliphatic rings. The van der Waals surface area contributed by atoms with Gasteiger partial charge in [-0.05, 0) is 95.7 Å². The van der Waals surface area contributed by atoms with Crippen LogP contribution in [0.2, 0.25) is 0 Å². The smallest absolute Gasteiger partial charge is 0.187 e. The van der Waals surface area contributed by atoms with Gasteiger partial charge in [0.1, 0.15) is 0 Å². The summed E-state index contributed by atoms with van der Waals surface area (Å²) in [7, 11) is 3.75. The molecule has 0 fully saturated rings. The standard InChI is InChI=1S/C42H26N4.BH/c1-44-32-18-22-36(23-19-32)46(34-10-6-3-7-11-34)40-27-17-31-14-24-37-39(26-16-30-15-25-38(40)42(31)41(30)37)45(33-8-4-2-5-9-33)35-20-12-29(28-43)13-21-35;/h2-27H;1H/i;1D. The maximum atomic E-state index is 9.45. The highest BCUT2D eigenvalue weighted by Crippen LogP contribution is 2.47. The molecule has 0 aliphatic carbocycles. The zero-order chi connectivity index (χ0) is 33.0. The van der Waals surface area contributed by atoms with Crippen molar-refractivity contribution in [1.82, 2.24) is 0 Å². The Morgan fingerprint density at radius 1 is 0.511 bits per heavy atom. The Balaban J connectivity index is 0.00000179. The Morgan fingerprint density at radius 2 is 0.915 bits per heavy atom. The van der Waals surface area contributed by atoms with Crippen LogP contribution in [-0.2, 0) is 0 Å². The van der Waals surface area contributed by atoms with E-state index < -0.39 is 0 Å². The molecule has 4 nitrogen and oxygen atoms in total. The highest BCUT2D eigenvalue weighted by molar-refractivity contribution is 6.28. The second-order valence-corrected chi connectivity index (χ2v) is 11.2. The van der Waals surface area contributed by atoms with Crippen LogP contribution >= 0.6 is 0 Å². The van der Waals surface area contributed by atoms with Crippen LogP contribution in [0.15, 0.2) is 158 Å². The van der Waals surface area contributed by atoms with E-state index in [2.05, 4.69) is 126 Å². The molecule has 0 N–H and O–H groups in total. The maximum absolute atomic E-state index is 9.45. The number of benzene rings is 8. The van der Waals surface area contributed by atoms with Gasteiger partial charge >= 0.3 is 0 Å². The van der Waals surface area contributed by atoms with Crippen molar-refractivity contribution in [3.8, 4) is 6.07 Å². The van der Waals surface area contributed by atoms with Gasteiger partial charge in [0.2, 0.25) is 0 Å². The van der Waals surface area contributed by atoms with E-state index in [1.807, 2.05) is 60.7 Å². The number of rotatable bonds is 6. The number of nitriles is 1. The van der Waals surface area contributed by atoms with Crippen LogP contribution in [0, 0.1) is 17.9 Å². The molecule has 8 rings (SSSR count). The first-order chi connectivity index (χ1) is 23.7. The molecular weight excluding hydrogens is 571 g/mol. The van der Waals surface area contributed by atoms with Gasteiger partial charge in [0.05, 0.1) is 29.6 Å². The van der Waals surface area contributed by atoms with E-state index in [4.69, 9.17) is 7.91 Å². The minimum Gasteiger partial charge on any atom is -0.310 e. The summed E-state index contributed by atoms with van der Waals surface area (Å²) in [6.45, 7) is 7.45. The molecule has 218 valence electrons. The predicted octanol–water partition coefficient (Wildman–Crippen LogP) is 11.3. The fourth-order valence-electron chi connectivity index (χ4n) is 6.53. The number of hydrogen-bond acceptors (Lipinski definition) is 3. The first kappa shape index (κ1) is 28.0. The second kappa shape index (κ2) is 12.1. The fraction of sp³-hybridized carbons (Fsp3) is 0. The molecular formula is C42H27BN4. The lowest BCUT2D eigenvalue weighted by Gasteiger charge is -2.29. The van der Waals surface area contributed by atoms with Gasteiger partial charge in [0.25, 0.3) is 0 Å². The van der Waals surface area contributed by atoms with E-state index in [1.54, 1.807) is 0 Å². The average molecular weight is 600 g/mol. The van der Waals surface area contributed by atoms with E-state index in [0.717, 1.165) is 44.9 Å². The molecule has 0 saturated carbocycles. The third kappa shape index (κ3) is 4.97. The molecule has 8 aromatic rings. The van der Waals surface area contributed by atoms with Gasteiger partial charge in [-0.25, -0.2) is 4.85 Å². The maximum Gasteiger partial charge on any atom is 0.187 e. The van der Waals surface area contributed by atoms with E-state index in [1.165, 1.54) is 21.5 Å². The van der Waals surface area contributed by atoms with Gasteiger partial charge in [-0.3, -0.25) is 0 Å². The van der Waals surface area contributed by atoms with Crippen molar-refractivity contribution in [3.63, 3.8) is 0 Å². The number of nitrogens with zero attached hydrogens (tertiary/aromatic N) is 4. The van der Waals surface area contributed by atoms with Crippen molar-refractivity contribution >= 4 is 80.5 Å². The van der Waals surface area contributed by atoms with Gasteiger partial charge in [0.15, 0.2) is 5.69 Å². The van der Waals surface area contributed by atoms with Crippen molar-refractivity contribution < 1.29 is 0 Å². The van der Waals surface area contributed by atoms with Gasteiger partial charge in [-0.15, -0.1) is 0 Å². The molecule has 0 aliphatic heterocycles. The van der Waals surface area contributed by atoms with Crippen molar-refractivity contribution in [2.45, 2.75) is 0 Å². The minimum absolute atomic E-state index is 0.616. The van der Waals surface area contributed by atoms with Crippen LogP contribution in [0.1, 0.15) is 5.56 Å². The Bertz CT molecular complexity index is 2260. The molecule has 0 amide bonds. The Labute approximate surface area is 277 Å². The molecule has 0 saturated heterocycles. The van der Waals surface area contributed by atoms with E-state index >= 15 is 0 Å². The van der Waals surface area contributed by atoms with E-state index in [0.29, 0.717) is 11.3 Å². The lowest BCUT2D eigenvalue weighted by molar-refractivity contribution is 1.29. The zero-order valence-corrected chi connectivity index (χ0v) is 25.4. The summed E-state index contributed by atoms with van der Waals surface area (Å²) in [5.74, 6) is 0. The monoisotopic (exact) mass is 599 g/mol. The van der Waals surface area contributed by atoms with Gasteiger partial charge in [-0.2, -0.15) is 5.26 Å². The number of hydrogen-bond donors (Lipinski definition) is 0. The SMILES string of the molecule is [2H][B].[C-]#[N+]c1ccc(N(c2ccccc2)c2ccc3ccc4c(N(c5ccccc5)c5ccc(C#N)cc5)ccc5ccc2c3c54)cc1. The summed E-state index contributed by atoms with van der Waals surface area (Å²) >= 11 is 0. The third-order valence-electron chi connectivity index (χ3n) is 8.62. The van der Waals surface area contributed by atoms with Crippen LogP contribution in [0.25, 0.3) is 37.2 Å². The summed E-state index contributed by atoms with van der Waals surface area (Å²) < 4.78 is 5.25. The molecule has 5 heteroatoms. The molecule has 0 aromatic heterocycles. The van der Waals surface area contributed by atoms with Crippen molar-refractivity contribution in [2.75, 3.05) is 9.80 Å². The van der Waals surface area contributed by atoms with Crippen molar-refractivity contribution in [3.05, 3.63) is 175 Å². The van der Waals surface area contributed by atoms with Gasteiger partial charge in [-0.1, -0.05) is 84.9 Å². The molecule has 0 bridgehead atoms. The Kier molecular flexibility index (Phi) is 7.19. The molecule has 0 atom stereocenters. The second-order valence-electron chi connectivity index (χ2n) is 11.2. The molecule has 0 heterocycles. The highest BCUT2D eigenvalue weighted by atomic mass is 15.1. The first-order valence-corrected chi connectivity index (χ1v) is 15.1. The Morgan fingerprint density at radius 3 is 1.34 bits per heavy atom. The van der Waals surface area contributed by atoms with Crippen molar-refractivity contribution in [2.24, 2.45) is 0 Å². The predicted molar refractivity (Wildman–Crippen MR) is 198 cm³/mol. The minimum atomic E-state index is 0.616. The number of anilines is 6. The lowest BCUT2D eigenvalue weighted by Crippen LogP contribution is -2.11. The molecule has 8 aromatic carbocycles. The third-order valence-corrected chi connectivity index (χ3v) is 8.62. The lowest BCUT2D eigenvalue weighted by atomic mass is 9.91. The highest BCUT2D eigenvalue weighted by Gasteiger charge is 2.21. The van der Waals surface area contributed by atoms with Crippen LogP contribution in [0.4, 0.5) is 39.8 Å². The summed E-state index contributed by atoms with van der Waals surface area (Å²) in [5, 5.41) is 16.5. The zero-order valence-electron chi connectivity index (χ0n) is 26.4. The topological polar surface area (TPSA) is 34.6 Å². The van der Waals surface area contributed by atoms with Crippen LogP contribution in [0.5, 0.6) is 0 Å². The largest absolute Gasteiger partial charge is 0.310 e. The van der Waals surface area contributed by atoms with Crippen LogP contribution in [0.3, 0.4) is 0 Å². The molecule has 0 spiro atoms. The van der Waals surface area contributed by atoms with Crippen molar-refractivity contribution in [1.29, 1.82) is 6.60 Å². The average Bonchev–Trinajstić information content (AvgIpc) is 3.17. The fourth-order valence-corrected chi connectivity index (χ4v) is 6.53.